The van der Waals surface area contributed by atoms with E-state index >= 15 is 0 Å². The van der Waals surface area contributed by atoms with Crippen LogP contribution in [0.1, 0.15) is 22.8 Å². The van der Waals surface area contributed by atoms with E-state index in [1.54, 1.807) is 12.1 Å². The Hall–Kier alpha value is -1.36. The SMILES string of the molecule is Cc1ccc(C)c(C(O)CS(=O)(=O)c2cccc(Cl)c2)c1. The minimum atomic E-state index is -3.59. The van der Waals surface area contributed by atoms with Gasteiger partial charge >= 0.3 is 0 Å². The zero-order valence-corrected chi connectivity index (χ0v) is 13.4. The molecule has 0 saturated heterocycles. The van der Waals surface area contributed by atoms with E-state index in [0.717, 1.165) is 11.1 Å². The standard InChI is InChI=1S/C16H17ClO3S/c1-11-6-7-12(2)15(8-11)16(18)10-21(19,20)14-5-3-4-13(17)9-14/h3-9,16,18H,10H2,1-2H3. The van der Waals surface area contributed by atoms with Crippen LogP contribution < -0.4 is 0 Å². The van der Waals surface area contributed by atoms with Crippen LogP contribution >= 0.6 is 11.6 Å². The molecule has 112 valence electrons. The van der Waals surface area contributed by atoms with E-state index in [4.69, 9.17) is 11.6 Å². The van der Waals surface area contributed by atoms with E-state index in [1.807, 2.05) is 32.0 Å². The highest BCUT2D eigenvalue weighted by molar-refractivity contribution is 7.91. The number of rotatable bonds is 4. The molecule has 2 aromatic rings. The van der Waals surface area contributed by atoms with Crippen molar-refractivity contribution in [3.63, 3.8) is 0 Å². The number of hydrogen-bond donors (Lipinski definition) is 1. The van der Waals surface area contributed by atoms with Gasteiger partial charge in [0.05, 0.1) is 16.8 Å². The van der Waals surface area contributed by atoms with Gasteiger partial charge in [-0.05, 0) is 43.2 Å². The van der Waals surface area contributed by atoms with Gasteiger partial charge in [-0.2, -0.15) is 0 Å². The zero-order valence-electron chi connectivity index (χ0n) is 11.9. The van der Waals surface area contributed by atoms with Gasteiger partial charge in [0.1, 0.15) is 0 Å². The Morgan fingerprint density at radius 1 is 1.14 bits per heavy atom. The van der Waals surface area contributed by atoms with Gasteiger partial charge in [0.25, 0.3) is 0 Å². The Morgan fingerprint density at radius 3 is 2.52 bits per heavy atom. The fourth-order valence-corrected chi connectivity index (χ4v) is 3.81. The van der Waals surface area contributed by atoms with Crippen LogP contribution in [0.4, 0.5) is 0 Å². The maximum Gasteiger partial charge on any atom is 0.181 e. The second-order valence-corrected chi connectivity index (χ2v) is 7.59. The summed E-state index contributed by atoms with van der Waals surface area (Å²) in [6.45, 7) is 3.76. The maximum atomic E-state index is 12.3. The van der Waals surface area contributed by atoms with Crippen LogP contribution in [0.2, 0.25) is 5.02 Å². The molecule has 0 aliphatic carbocycles. The number of benzene rings is 2. The molecule has 0 fully saturated rings. The van der Waals surface area contributed by atoms with Crippen LogP contribution in [-0.2, 0) is 9.84 Å². The predicted molar refractivity (Wildman–Crippen MR) is 84.4 cm³/mol. The lowest BCUT2D eigenvalue weighted by Crippen LogP contribution is -2.15. The van der Waals surface area contributed by atoms with Gasteiger partial charge in [0.15, 0.2) is 9.84 Å². The van der Waals surface area contributed by atoms with E-state index in [-0.39, 0.29) is 10.6 Å². The number of hydrogen-bond acceptors (Lipinski definition) is 3. The fourth-order valence-electron chi connectivity index (χ4n) is 2.17. The van der Waals surface area contributed by atoms with E-state index < -0.39 is 15.9 Å². The lowest BCUT2D eigenvalue weighted by Gasteiger charge is -2.15. The molecule has 2 aromatic carbocycles. The first kappa shape index (κ1) is 16.0. The number of aliphatic hydroxyl groups is 1. The number of halogens is 1. The van der Waals surface area contributed by atoms with Gasteiger partial charge in [-0.3, -0.25) is 0 Å². The average molecular weight is 325 g/mol. The van der Waals surface area contributed by atoms with Crippen molar-refractivity contribution < 1.29 is 13.5 Å². The molecule has 1 unspecified atom stereocenters. The lowest BCUT2D eigenvalue weighted by molar-refractivity contribution is 0.201. The largest absolute Gasteiger partial charge is 0.387 e. The molecule has 0 aliphatic heterocycles. The molecule has 21 heavy (non-hydrogen) atoms. The average Bonchev–Trinajstić information content (AvgIpc) is 2.41. The minimum Gasteiger partial charge on any atom is -0.387 e. The van der Waals surface area contributed by atoms with Crippen molar-refractivity contribution in [1.29, 1.82) is 0 Å². The van der Waals surface area contributed by atoms with Crippen LogP contribution in [0.5, 0.6) is 0 Å². The Morgan fingerprint density at radius 2 is 1.86 bits per heavy atom. The van der Waals surface area contributed by atoms with Crippen molar-refractivity contribution >= 4 is 21.4 Å². The van der Waals surface area contributed by atoms with Gasteiger partial charge in [0.2, 0.25) is 0 Å². The molecule has 0 bridgehead atoms. The molecule has 0 saturated carbocycles. The van der Waals surface area contributed by atoms with E-state index in [9.17, 15) is 13.5 Å². The molecule has 0 spiro atoms. The smallest absolute Gasteiger partial charge is 0.181 e. The molecule has 1 atom stereocenters. The summed E-state index contributed by atoms with van der Waals surface area (Å²) in [5.74, 6) is -0.363. The second kappa shape index (κ2) is 6.18. The minimum absolute atomic E-state index is 0.124. The number of sulfone groups is 1. The normalized spacial score (nSPS) is 13.1. The van der Waals surface area contributed by atoms with Crippen molar-refractivity contribution in [3.05, 3.63) is 64.2 Å². The first-order valence-corrected chi connectivity index (χ1v) is 8.56. The summed E-state index contributed by atoms with van der Waals surface area (Å²) >= 11 is 5.82. The van der Waals surface area contributed by atoms with Crippen LogP contribution in [0.25, 0.3) is 0 Å². The fraction of sp³-hybridized carbons (Fsp3) is 0.250. The van der Waals surface area contributed by atoms with E-state index in [0.29, 0.717) is 10.6 Å². The summed E-state index contributed by atoms with van der Waals surface area (Å²) < 4.78 is 24.7. The van der Waals surface area contributed by atoms with Crippen LogP contribution in [0.3, 0.4) is 0 Å². The molecule has 1 N–H and O–H groups in total. The van der Waals surface area contributed by atoms with Crippen LogP contribution in [-0.4, -0.2) is 19.3 Å². The van der Waals surface area contributed by atoms with Gasteiger partial charge in [-0.15, -0.1) is 0 Å². The van der Waals surface area contributed by atoms with Gasteiger partial charge in [0, 0.05) is 5.02 Å². The third-order valence-electron chi connectivity index (χ3n) is 3.33. The molecule has 0 amide bonds. The molecule has 2 rings (SSSR count). The van der Waals surface area contributed by atoms with Crippen molar-refractivity contribution in [3.8, 4) is 0 Å². The molecular weight excluding hydrogens is 308 g/mol. The maximum absolute atomic E-state index is 12.3. The lowest BCUT2D eigenvalue weighted by atomic mass is 10.0. The topological polar surface area (TPSA) is 54.4 Å². The number of aryl methyl sites for hydroxylation is 2. The molecule has 5 heteroatoms. The summed E-state index contributed by atoms with van der Waals surface area (Å²) in [7, 11) is -3.59. The molecule has 0 heterocycles. The Labute approximate surface area is 130 Å². The molecular formula is C16H17ClO3S. The summed E-state index contributed by atoms with van der Waals surface area (Å²) in [5.41, 5.74) is 2.49. The highest BCUT2D eigenvalue weighted by Gasteiger charge is 2.22. The monoisotopic (exact) mass is 324 g/mol. The summed E-state index contributed by atoms with van der Waals surface area (Å²) in [5, 5.41) is 10.6. The van der Waals surface area contributed by atoms with Crippen molar-refractivity contribution in [2.24, 2.45) is 0 Å². The van der Waals surface area contributed by atoms with E-state index in [2.05, 4.69) is 0 Å². The first-order chi connectivity index (χ1) is 9.79. The summed E-state index contributed by atoms with van der Waals surface area (Å²) in [6.07, 6.45) is -1.06. The van der Waals surface area contributed by atoms with Crippen LogP contribution in [0.15, 0.2) is 47.4 Å². The van der Waals surface area contributed by atoms with Gasteiger partial charge < -0.3 is 5.11 Å². The zero-order chi connectivity index (χ0) is 15.6. The summed E-state index contributed by atoms with van der Waals surface area (Å²) in [6, 6.07) is 11.7. The van der Waals surface area contributed by atoms with Crippen molar-refractivity contribution in [2.75, 3.05) is 5.75 Å². The predicted octanol–water partition coefficient (Wildman–Crippen LogP) is 3.46. The highest BCUT2D eigenvalue weighted by atomic mass is 35.5. The highest BCUT2D eigenvalue weighted by Crippen LogP contribution is 2.24. The second-order valence-electron chi connectivity index (χ2n) is 5.11. The summed E-state index contributed by atoms with van der Waals surface area (Å²) in [4.78, 5) is 0.124. The Balaban J connectivity index is 2.30. The van der Waals surface area contributed by atoms with Gasteiger partial charge in [-0.1, -0.05) is 41.4 Å². The number of aliphatic hydroxyl groups excluding tert-OH is 1. The Kier molecular flexibility index (Phi) is 4.71. The molecule has 3 nitrogen and oxygen atoms in total. The third-order valence-corrected chi connectivity index (χ3v) is 5.29. The van der Waals surface area contributed by atoms with Crippen molar-refractivity contribution in [1.82, 2.24) is 0 Å². The Bertz CT molecular complexity index is 754. The third kappa shape index (κ3) is 3.84. The van der Waals surface area contributed by atoms with Crippen molar-refractivity contribution in [2.45, 2.75) is 24.8 Å². The molecule has 0 radical (unpaired) electrons. The van der Waals surface area contributed by atoms with E-state index in [1.165, 1.54) is 12.1 Å². The quantitative estimate of drug-likeness (QED) is 0.937. The molecule has 0 aliphatic rings. The molecule has 0 aromatic heterocycles. The van der Waals surface area contributed by atoms with Gasteiger partial charge in [-0.25, -0.2) is 8.42 Å². The van der Waals surface area contributed by atoms with Crippen LogP contribution in [0, 0.1) is 13.8 Å². The first-order valence-electron chi connectivity index (χ1n) is 6.53.